The summed E-state index contributed by atoms with van der Waals surface area (Å²) in [5, 5.41) is 0. The van der Waals surface area contributed by atoms with Gasteiger partial charge in [0.25, 0.3) is 0 Å². The van der Waals surface area contributed by atoms with Crippen LogP contribution in [-0.2, 0) is 4.79 Å². The molecule has 0 unspecified atom stereocenters. The molecule has 0 saturated carbocycles. The molecular weight excluding hydrogens is 248 g/mol. The Bertz CT molecular complexity index is 340. The van der Waals surface area contributed by atoms with Gasteiger partial charge >= 0.3 is 6.03 Å². The number of benzene rings is 1. The maximum Gasteiger partial charge on any atom is 0.338 e. The lowest BCUT2D eigenvalue weighted by Gasteiger charge is -2.17. The van der Waals surface area contributed by atoms with Crippen molar-refractivity contribution >= 4 is 33.8 Å². The Morgan fingerprint density at radius 3 is 2.29 bits per heavy atom. The number of para-hydroxylation sites is 1. The number of carbonyl (C=O) groups excluding carboxylic acids is 2. The van der Waals surface area contributed by atoms with Gasteiger partial charge in [0.1, 0.15) is 0 Å². The van der Waals surface area contributed by atoms with Crippen LogP contribution in [0.1, 0.15) is 6.92 Å². The van der Waals surface area contributed by atoms with Crippen LogP contribution < -0.4 is 9.24 Å². The van der Waals surface area contributed by atoms with E-state index < -0.39 is 6.03 Å². The minimum absolute atomic E-state index is 0.340. The first-order valence-electron chi connectivity index (χ1n) is 3.93. The first-order valence-corrected chi connectivity index (χ1v) is 4.72. The number of nitrogens with one attached hydrogen (secondary N) is 1. The van der Waals surface area contributed by atoms with Crippen molar-refractivity contribution in [3.05, 3.63) is 30.3 Å². The van der Waals surface area contributed by atoms with Gasteiger partial charge in [-0.3, -0.25) is 9.14 Å². The number of amides is 3. The smallest absolute Gasteiger partial charge is 0.274 e. The van der Waals surface area contributed by atoms with Gasteiger partial charge in [-0.25, -0.2) is 9.69 Å². The van der Waals surface area contributed by atoms with Gasteiger partial charge in [-0.05, 0) is 12.1 Å². The molecule has 0 aromatic heterocycles. The SMILES string of the molecule is CC(=O)N(C(=O)NBr)c1ccccc1. The van der Waals surface area contributed by atoms with E-state index >= 15 is 0 Å². The Morgan fingerprint density at radius 2 is 1.86 bits per heavy atom. The molecule has 0 fully saturated rings. The Kier molecular flexibility index (Phi) is 3.64. The molecule has 0 heterocycles. The molecule has 1 rings (SSSR count). The molecule has 1 N–H and O–H groups in total. The zero-order valence-electron chi connectivity index (χ0n) is 7.53. The average molecular weight is 257 g/mol. The second kappa shape index (κ2) is 4.76. The van der Waals surface area contributed by atoms with Crippen LogP contribution in [0.5, 0.6) is 0 Å². The van der Waals surface area contributed by atoms with Crippen molar-refractivity contribution in [2.75, 3.05) is 4.90 Å². The Morgan fingerprint density at radius 1 is 1.29 bits per heavy atom. The van der Waals surface area contributed by atoms with Gasteiger partial charge in [0.05, 0.1) is 21.8 Å². The van der Waals surface area contributed by atoms with Crippen LogP contribution in [0.4, 0.5) is 10.5 Å². The molecule has 4 nitrogen and oxygen atoms in total. The second-order valence-corrected chi connectivity index (χ2v) is 2.99. The average Bonchev–Trinajstić information content (AvgIpc) is 2.19. The monoisotopic (exact) mass is 256 g/mol. The van der Waals surface area contributed by atoms with Crippen LogP contribution in [0.15, 0.2) is 30.3 Å². The number of hydrogen-bond donors (Lipinski definition) is 1. The predicted octanol–water partition coefficient (Wildman–Crippen LogP) is 2.06. The first-order chi connectivity index (χ1) is 6.66. The maximum absolute atomic E-state index is 11.3. The molecule has 0 atom stereocenters. The third-order valence-corrected chi connectivity index (χ3v) is 1.95. The van der Waals surface area contributed by atoms with Crippen LogP contribution in [0.25, 0.3) is 0 Å². The zero-order chi connectivity index (χ0) is 10.6. The van der Waals surface area contributed by atoms with Crippen LogP contribution in [-0.4, -0.2) is 11.9 Å². The van der Waals surface area contributed by atoms with E-state index in [1.807, 2.05) is 6.07 Å². The predicted molar refractivity (Wildman–Crippen MR) is 57.1 cm³/mol. The van der Waals surface area contributed by atoms with Gasteiger partial charge in [-0.15, -0.1) is 0 Å². The number of hydrogen-bond acceptors (Lipinski definition) is 2. The number of imide groups is 1. The topological polar surface area (TPSA) is 49.4 Å². The molecule has 74 valence electrons. The van der Waals surface area contributed by atoms with Gasteiger partial charge in [0.2, 0.25) is 5.91 Å². The third-order valence-electron chi connectivity index (χ3n) is 1.61. The summed E-state index contributed by atoms with van der Waals surface area (Å²) in [4.78, 5) is 23.5. The molecule has 1 aromatic carbocycles. The molecule has 14 heavy (non-hydrogen) atoms. The van der Waals surface area contributed by atoms with Gasteiger partial charge in [0.15, 0.2) is 0 Å². The molecule has 0 spiro atoms. The molecule has 0 saturated heterocycles. The first kappa shape index (κ1) is 10.7. The Balaban J connectivity index is 3.01. The number of anilines is 1. The fourth-order valence-corrected chi connectivity index (χ4v) is 1.24. The fourth-order valence-electron chi connectivity index (χ4n) is 1.06. The van der Waals surface area contributed by atoms with Crippen molar-refractivity contribution in [1.29, 1.82) is 0 Å². The standard InChI is InChI=1S/C9H9BrN2O2/c1-7(13)12(9(14)11-10)8-5-3-2-4-6-8/h2-6H,1H3,(H,11,14). The molecule has 1 aromatic rings. The van der Waals surface area contributed by atoms with Crippen molar-refractivity contribution in [2.45, 2.75) is 6.92 Å². The van der Waals surface area contributed by atoms with Crippen molar-refractivity contribution in [1.82, 2.24) is 4.34 Å². The summed E-state index contributed by atoms with van der Waals surface area (Å²) in [6, 6.07) is 8.18. The Hall–Kier alpha value is -1.36. The van der Waals surface area contributed by atoms with Crippen molar-refractivity contribution in [2.24, 2.45) is 0 Å². The number of carbonyl (C=O) groups is 2. The Labute approximate surface area is 90.2 Å². The van der Waals surface area contributed by atoms with Crippen LogP contribution in [0.3, 0.4) is 0 Å². The maximum atomic E-state index is 11.3. The number of nitrogens with zero attached hydrogens (tertiary/aromatic N) is 1. The largest absolute Gasteiger partial charge is 0.338 e. The number of halogens is 1. The van der Waals surface area contributed by atoms with E-state index in [1.165, 1.54) is 6.92 Å². The quantitative estimate of drug-likeness (QED) is 0.783. The van der Waals surface area contributed by atoms with Gasteiger partial charge in [-0.2, -0.15) is 0 Å². The van der Waals surface area contributed by atoms with E-state index in [0.717, 1.165) is 4.90 Å². The van der Waals surface area contributed by atoms with Crippen molar-refractivity contribution in [3.8, 4) is 0 Å². The van der Waals surface area contributed by atoms with Gasteiger partial charge in [0, 0.05) is 6.92 Å². The molecule has 0 bridgehead atoms. The van der Waals surface area contributed by atoms with Crippen LogP contribution in [0.2, 0.25) is 0 Å². The summed E-state index contributed by atoms with van der Waals surface area (Å²) < 4.78 is 2.22. The second-order valence-electron chi connectivity index (χ2n) is 2.59. The highest BCUT2D eigenvalue weighted by Gasteiger charge is 2.18. The summed E-state index contributed by atoms with van der Waals surface area (Å²) in [5.41, 5.74) is 0.539. The van der Waals surface area contributed by atoms with E-state index in [-0.39, 0.29) is 5.91 Å². The molecule has 5 heteroatoms. The third kappa shape index (κ3) is 2.32. The highest BCUT2D eigenvalue weighted by atomic mass is 79.9. The molecule has 0 aliphatic rings. The van der Waals surface area contributed by atoms with Crippen molar-refractivity contribution in [3.63, 3.8) is 0 Å². The summed E-state index contributed by atoms with van der Waals surface area (Å²) in [6.07, 6.45) is 0. The van der Waals surface area contributed by atoms with Crippen LogP contribution >= 0.6 is 16.1 Å². The van der Waals surface area contributed by atoms with E-state index in [9.17, 15) is 9.59 Å². The molecule has 0 aliphatic heterocycles. The summed E-state index contributed by atoms with van der Waals surface area (Å²) in [6.45, 7) is 1.33. The number of urea groups is 1. The van der Waals surface area contributed by atoms with E-state index in [1.54, 1.807) is 24.3 Å². The highest BCUT2D eigenvalue weighted by Crippen LogP contribution is 2.13. The minimum Gasteiger partial charge on any atom is -0.274 e. The highest BCUT2D eigenvalue weighted by molar-refractivity contribution is 9.08. The van der Waals surface area contributed by atoms with Gasteiger partial charge in [-0.1, -0.05) is 18.2 Å². The summed E-state index contributed by atoms with van der Waals surface area (Å²) in [7, 11) is 0. The van der Waals surface area contributed by atoms with Crippen LogP contribution in [0, 0.1) is 0 Å². The van der Waals surface area contributed by atoms with E-state index in [4.69, 9.17) is 0 Å². The number of rotatable bonds is 1. The van der Waals surface area contributed by atoms with E-state index in [0.29, 0.717) is 5.69 Å². The zero-order valence-corrected chi connectivity index (χ0v) is 9.11. The normalized spacial score (nSPS) is 9.29. The summed E-state index contributed by atoms with van der Waals surface area (Å²) >= 11 is 2.79. The lowest BCUT2D eigenvalue weighted by Crippen LogP contribution is -2.39. The lowest BCUT2D eigenvalue weighted by atomic mass is 10.3. The molecular formula is C9H9BrN2O2. The van der Waals surface area contributed by atoms with Crippen molar-refractivity contribution < 1.29 is 9.59 Å². The molecule has 3 amide bonds. The lowest BCUT2D eigenvalue weighted by molar-refractivity contribution is -0.115. The van der Waals surface area contributed by atoms with Gasteiger partial charge < -0.3 is 0 Å². The molecule has 0 aliphatic carbocycles. The minimum atomic E-state index is -0.510. The van der Waals surface area contributed by atoms with E-state index in [2.05, 4.69) is 20.5 Å². The fraction of sp³-hybridized carbons (Fsp3) is 0.111. The summed E-state index contributed by atoms with van der Waals surface area (Å²) in [5.74, 6) is -0.340. The molecule has 0 radical (unpaired) electrons.